The molecule has 1 aliphatic rings. The molecule has 3 N–H and O–H groups in total. The van der Waals surface area contributed by atoms with E-state index in [2.05, 4.69) is 5.32 Å². The third-order valence-electron chi connectivity index (χ3n) is 1.47. The first kappa shape index (κ1) is 10.9. The molecule has 1 heterocycles. The number of hydrogen-bond acceptors (Lipinski definition) is 3. The highest BCUT2D eigenvalue weighted by Crippen LogP contribution is 2.02. The van der Waals surface area contributed by atoms with Crippen molar-refractivity contribution >= 4 is 0 Å². The first-order valence-electron chi connectivity index (χ1n) is 4.34. The standard InChI is InChI=1S/C5H10O.C3H10N2/c1-2-4-6-5-3-1;1-5-3-2-4/h1-5H2;5H,2-4H2,1H3. The average Bonchev–Trinajstić information content (AvgIpc) is 2.10. The highest BCUT2D eigenvalue weighted by molar-refractivity contribution is 4.45. The van der Waals surface area contributed by atoms with Crippen LogP contribution < -0.4 is 11.1 Å². The van der Waals surface area contributed by atoms with Gasteiger partial charge in [0.2, 0.25) is 0 Å². The smallest absolute Gasteiger partial charge is 0.0466 e. The predicted molar refractivity (Wildman–Crippen MR) is 47.7 cm³/mol. The first-order chi connectivity index (χ1) is 5.41. The van der Waals surface area contributed by atoms with Crippen LogP contribution in [0, 0.1) is 0 Å². The van der Waals surface area contributed by atoms with E-state index in [0.717, 1.165) is 26.3 Å². The molecule has 0 bridgehead atoms. The van der Waals surface area contributed by atoms with Gasteiger partial charge in [0.15, 0.2) is 0 Å². The number of ether oxygens (including phenoxy) is 1. The first-order valence-corrected chi connectivity index (χ1v) is 4.34. The zero-order valence-electron chi connectivity index (χ0n) is 7.44. The van der Waals surface area contributed by atoms with Gasteiger partial charge in [0.05, 0.1) is 0 Å². The summed E-state index contributed by atoms with van der Waals surface area (Å²) in [5.74, 6) is 0. The molecule has 0 amide bonds. The van der Waals surface area contributed by atoms with Gasteiger partial charge >= 0.3 is 0 Å². The minimum Gasteiger partial charge on any atom is -0.381 e. The van der Waals surface area contributed by atoms with Crippen molar-refractivity contribution in [1.29, 1.82) is 0 Å². The fourth-order valence-electron chi connectivity index (χ4n) is 0.831. The predicted octanol–water partition coefficient (Wildman–Crippen LogP) is 0.351. The number of hydrogen-bond donors (Lipinski definition) is 2. The Balaban J connectivity index is 0.000000187. The normalized spacial score (nSPS) is 16.9. The van der Waals surface area contributed by atoms with E-state index in [4.69, 9.17) is 10.5 Å². The third-order valence-corrected chi connectivity index (χ3v) is 1.47. The largest absolute Gasteiger partial charge is 0.381 e. The van der Waals surface area contributed by atoms with E-state index in [0.29, 0.717) is 0 Å². The summed E-state index contributed by atoms with van der Waals surface area (Å²) in [5, 5.41) is 2.89. The van der Waals surface area contributed by atoms with Crippen molar-refractivity contribution < 1.29 is 4.74 Å². The van der Waals surface area contributed by atoms with Gasteiger partial charge in [-0.25, -0.2) is 0 Å². The Morgan fingerprint density at radius 1 is 1.27 bits per heavy atom. The van der Waals surface area contributed by atoms with E-state index in [1.165, 1.54) is 19.3 Å². The minimum absolute atomic E-state index is 0.733. The molecule has 0 radical (unpaired) electrons. The Labute approximate surface area is 69.3 Å². The van der Waals surface area contributed by atoms with Crippen LogP contribution in [0.25, 0.3) is 0 Å². The minimum atomic E-state index is 0.733. The lowest BCUT2D eigenvalue weighted by Crippen LogP contribution is -2.17. The van der Waals surface area contributed by atoms with Crippen molar-refractivity contribution in [3.05, 3.63) is 0 Å². The summed E-state index contributed by atoms with van der Waals surface area (Å²) in [7, 11) is 1.88. The van der Waals surface area contributed by atoms with Crippen molar-refractivity contribution in [2.75, 3.05) is 33.4 Å². The fourth-order valence-corrected chi connectivity index (χ4v) is 0.831. The van der Waals surface area contributed by atoms with Crippen LogP contribution in [0.15, 0.2) is 0 Å². The molecule has 0 atom stereocenters. The molecule has 0 aromatic carbocycles. The maximum Gasteiger partial charge on any atom is 0.0466 e. The number of nitrogens with two attached hydrogens (primary N) is 1. The second-order valence-electron chi connectivity index (χ2n) is 2.57. The molecule has 0 aliphatic carbocycles. The van der Waals surface area contributed by atoms with Crippen LogP contribution in [0.2, 0.25) is 0 Å². The summed E-state index contributed by atoms with van der Waals surface area (Å²) in [4.78, 5) is 0. The van der Waals surface area contributed by atoms with E-state index < -0.39 is 0 Å². The molecule has 1 saturated heterocycles. The molecule has 0 aromatic heterocycles. The van der Waals surface area contributed by atoms with Crippen molar-refractivity contribution in [3.63, 3.8) is 0 Å². The lowest BCUT2D eigenvalue weighted by molar-refractivity contribution is 0.0968. The van der Waals surface area contributed by atoms with Gasteiger partial charge in [0.25, 0.3) is 0 Å². The van der Waals surface area contributed by atoms with E-state index in [-0.39, 0.29) is 0 Å². The number of rotatable bonds is 2. The zero-order chi connectivity index (χ0) is 8.36. The van der Waals surface area contributed by atoms with Gasteiger partial charge in [-0.05, 0) is 26.3 Å². The maximum absolute atomic E-state index is 5.08. The second-order valence-corrected chi connectivity index (χ2v) is 2.57. The van der Waals surface area contributed by atoms with E-state index >= 15 is 0 Å². The SMILES string of the molecule is C1CCOCC1.CNCCN. The van der Waals surface area contributed by atoms with Crippen molar-refractivity contribution in [2.45, 2.75) is 19.3 Å². The number of likely N-dealkylation sites (N-methyl/N-ethyl adjacent to an activating group) is 1. The molecule has 3 nitrogen and oxygen atoms in total. The van der Waals surface area contributed by atoms with Gasteiger partial charge in [-0.3, -0.25) is 0 Å². The summed E-state index contributed by atoms with van der Waals surface area (Å²) >= 11 is 0. The van der Waals surface area contributed by atoms with Gasteiger partial charge in [0.1, 0.15) is 0 Å². The highest BCUT2D eigenvalue weighted by Gasteiger charge is 1.94. The average molecular weight is 160 g/mol. The molecule has 0 aromatic rings. The summed E-state index contributed by atoms with van der Waals surface area (Å²) < 4.78 is 5.07. The molecule has 0 saturated carbocycles. The Morgan fingerprint density at radius 2 is 1.91 bits per heavy atom. The molecule has 1 rings (SSSR count). The van der Waals surface area contributed by atoms with Crippen LogP contribution in [-0.2, 0) is 4.74 Å². The third kappa shape index (κ3) is 9.88. The van der Waals surface area contributed by atoms with Crippen LogP contribution in [0.3, 0.4) is 0 Å². The lowest BCUT2D eigenvalue weighted by Gasteiger charge is -2.08. The van der Waals surface area contributed by atoms with E-state index in [1.807, 2.05) is 7.05 Å². The van der Waals surface area contributed by atoms with Gasteiger partial charge in [-0.1, -0.05) is 0 Å². The molecule has 1 aliphatic heterocycles. The zero-order valence-corrected chi connectivity index (χ0v) is 7.44. The molecule has 11 heavy (non-hydrogen) atoms. The van der Waals surface area contributed by atoms with Crippen molar-refractivity contribution in [2.24, 2.45) is 5.73 Å². The molecule has 3 heteroatoms. The Kier molecular flexibility index (Phi) is 9.77. The van der Waals surface area contributed by atoms with Crippen LogP contribution >= 0.6 is 0 Å². The molecule has 1 fully saturated rings. The van der Waals surface area contributed by atoms with Gasteiger partial charge in [-0.2, -0.15) is 0 Å². The maximum atomic E-state index is 5.08. The molecule has 0 spiro atoms. The van der Waals surface area contributed by atoms with Gasteiger partial charge in [0, 0.05) is 26.3 Å². The van der Waals surface area contributed by atoms with Crippen LogP contribution in [0.1, 0.15) is 19.3 Å². The van der Waals surface area contributed by atoms with Crippen LogP contribution in [0.4, 0.5) is 0 Å². The van der Waals surface area contributed by atoms with Gasteiger partial charge in [-0.15, -0.1) is 0 Å². The van der Waals surface area contributed by atoms with E-state index in [9.17, 15) is 0 Å². The van der Waals surface area contributed by atoms with E-state index in [1.54, 1.807) is 0 Å². The summed E-state index contributed by atoms with van der Waals surface area (Å²) in [6.07, 6.45) is 3.93. The van der Waals surface area contributed by atoms with Crippen molar-refractivity contribution in [1.82, 2.24) is 5.32 Å². The highest BCUT2D eigenvalue weighted by atomic mass is 16.5. The monoisotopic (exact) mass is 160 g/mol. The van der Waals surface area contributed by atoms with Crippen molar-refractivity contribution in [3.8, 4) is 0 Å². The lowest BCUT2D eigenvalue weighted by atomic mass is 10.2. The van der Waals surface area contributed by atoms with Crippen LogP contribution in [-0.4, -0.2) is 33.4 Å². The Morgan fingerprint density at radius 3 is 2.00 bits per heavy atom. The molecular weight excluding hydrogens is 140 g/mol. The molecule has 68 valence electrons. The number of nitrogens with one attached hydrogen (secondary N) is 1. The second kappa shape index (κ2) is 9.88. The molecular formula is C8H20N2O. The summed E-state index contributed by atoms with van der Waals surface area (Å²) in [6, 6.07) is 0. The summed E-state index contributed by atoms with van der Waals surface area (Å²) in [5.41, 5.74) is 5.08. The van der Waals surface area contributed by atoms with Crippen LogP contribution in [0.5, 0.6) is 0 Å². The fraction of sp³-hybridized carbons (Fsp3) is 1.00. The Bertz CT molecular complexity index is 51.6. The van der Waals surface area contributed by atoms with Gasteiger partial charge < -0.3 is 15.8 Å². The molecule has 0 unspecified atom stereocenters. The quantitative estimate of drug-likeness (QED) is 0.613. The summed E-state index contributed by atoms with van der Waals surface area (Å²) in [6.45, 7) is 3.65. The topological polar surface area (TPSA) is 47.3 Å². The Hall–Kier alpha value is -0.120.